The van der Waals surface area contributed by atoms with Crippen LogP contribution in [0.4, 0.5) is 11.4 Å². The number of ether oxygens (including phenoxy) is 1. The minimum absolute atomic E-state index is 0.0214. The number of piperidine rings is 1. The lowest BCUT2D eigenvalue weighted by Gasteiger charge is -2.37. The van der Waals surface area contributed by atoms with Gasteiger partial charge in [0.05, 0.1) is 12.5 Å². The topological polar surface area (TPSA) is 87.7 Å². The highest BCUT2D eigenvalue weighted by atomic mass is 16.5. The van der Waals surface area contributed by atoms with Crippen LogP contribution >= 0.6 is 0 Å². The number of hydrogen-bond donors (Lipinski definition) is 2. The van der Waals surface area contributed by atoms with Crippen molar-refractivity contribution in [1.82, 2.24) is 4.90 Å². The first-order valence-corrected chi connectivity index (χ1v) is 10.0. The largest absolute Gasteiger partial charge is 0.496 e. The predicted molar refractivity (Wildman–Crippen MR) is 115 cm³/mol. The number of fused-ring (bicyclic) bond motifs is 2. The highest BCUT2D eigenvalue weighted by molar-refractivity contribution is 6.07. The molecule has 0 atom stereocenters. The third-order valence-electron chi connectivity index (χ3n) is 6.09. The Labute approximate surface area is 175 Å². The summed E-state index contributed by atoms with van der Waals surface area (Å²) in [6.45, 7) is 4.15. The molecule has 0 bridgehead atoms. The van der Waals surface area contributed by atoms with Crippen LogP contribution in [0.1, 0.15) is 32.3 Å². The molecule has 7 heteroatoms. The van der Waals surface area contributed by atoms with Gasteiger partial charge in [-0.1, -0.05) is 12.1 Å². The van der Waals surface area contributed by atoms with Crippen LogP contribution in [0.15, 0.2) is 36.4 Å². The zero-order chi connectivity index (χ0) is 21.5. The van der Waals surface area contributed by atoms with Crippen molar-refractivity contribution in [2.45, 2.75) is 32.1 Å². The lowest BCUT2D eigenvalue weighted by molar-refractivity contribution is -0.133. The predicted octanol–water partition coefficient (Wildman–Crippen LogP) is 3.15. The van der Waals surface area contributed by atoms with Crippen molar-refractivity contribution in [3.05, 3.63) is 42.0 Å². The monoisotopic (exact) mass is 407 g/mol. The highest BCUT2D eigenvalue weighted by Gasteiger charge is 2.49. The average molecular weight is 407 g/mol. The number of carbonyl (C=O) groups excluding carboxylic acids is 3. The molecule has 156 valence electrons. The van der Waals surface area contributed by atoms with E-state index in [1.54, 1.807) is 18.9 Å². The summed E-state index contributed by atoms with van der Waals surface area (Å²) in [5.74, 6) is 0.542. The Morgan fingerprint density at radius 1 is 1.13 bits per heavy atom. The van der Waals surface area contributed by atoms with E-state index in [2.05, 4.69) is 10.6 Å². The van der Waals surface area contributed by atoms with E-state index in [-0.39, 0.29) is 17.7 Å². The fraction of sp³-hybridized carbons (Fsp3) is 0.348. The number of rotatable bonds is 3. The molecular weight excluding hydrogens is 382 g/mol. The second kappa shape index (κ2) is 7.48. The van der Waals surface area contributed by atoms with Gasteiger partial charge in [-0.05, 0) is 48.2 Å². The molecule has 0 aliphatic carbocycles. The minimum Gasteiger partial charge on any atom is -0.496 e. The molecule has 1 saturated heterocycles. The third kappa shape index (κ3) is 3.30. The van der Waals surface area contributed by atoms with Crippen molar-refractivity contribution in [3.8, 4) is 16.9 Å². The number of carbonyl (C=O) groups is 3. The van der Waals surface area contributed by atoms with Gasteiger partial charge in [-0.2, -0.15) is 0 Å². The quantitative estimate of drug-likeness (QED) is 0.818. The summed E-state index contributed by atoms with van der Waals surface area (Å²) in [6, 6.07) is 11.4. The molecule has 0 aromatic heterocycles. The Hall–Kier alpha value is -3.35. The minimum atomic E-state index is -0.634. The number of amides is 3. The molecule has 30 heavy (non-hydrogen) atoms. The molecule has 2 aromatic rings. The lowest BCUT2D eigenvalue weighted by Crippen LogP contribution is -2.47. The molecule has 2 heterocycles. The Kier molecular flexibility index (Phi) is 4.97. The van der Waals surface area contributed by atoms with Crippen LogP contribution in [0, 0.1) is 0 Å². The molecule has 0 saturated carbocycles. The van der Waals surface area contributed by atoms with E-state index in [0.717, 1.165) is 22.4 Å². The Balaban J connectivity index is 1.74. The molecule has 3 amide bonds. The molecule has 2 N–H and O–H groups in total. The van der Waals surface area contributed by atoms with E-state index in [0.29, 0.717) is 37.4 Å². The number of methoxy groups -OCH3 is 1. The average Bonchev–Trinajstić information content (AvgIpc) is 2.97. The molecule has 2 aromatic carbocycles. The molecule has 1 spiro atoms. The van der Waals surface area contributed by atoms with Crippen molar-refractivity contribution in [1.29, 1.82) is 0 Å². The number of likely N-dealkylation sites (tertiary alicyclic amines) is 1. The smallest absolute Gasteiger partial charge is 0.235 e. The van der Waals surface area contributed by atoms with Crippen LogP contribution < -0.4 is 15.4 Å². The van der Waals surface area contributed by atoms with Crippen LogP contribution in [0.5, 0.6) is 5.75 Å². The summed E-state index contributed by atoms with van der Waals surface area (Å²) in [4.78, 5) is 37.9. The van der Waals surface area contributed by atoms with Crippen LogP contribution in [0.2, 0.25) is 0 Å². The lowest BCUT2D eigenvalue weighted by atomic mass is 9.73. The van der Waals surface area contributed by atoms with Gasteiger partial charge in [-0.3, -0.25) is 14.4 Å². The molecule has 4 rings (SSSR count). The van der Waals surface area contributed by atoms with E-state index >= 15 is 0 Å². The van der Waals surface area contributed by atoms with Gasteiger partial charge in [0.25, 0.3) is 0 Å². The highest BCUT2D eigenvalue weighted by Crippen LogP contribution is 2.49. The molecule has 7 nitrogen and oxygen atoms in total. The maximum absolute atomic E-state index is 13.0. The van der Waals surface area contributed by atoms with Gasteiger partial charge in [-0.15, -0.1) is 0 Å². The summed E-state index contributed by atoms with van der Waals surface area (Å²) in [5, 5.41) is 5.83. The second-order valence-electron chi connectivity index (χ2n) is 7.90. The molecule has 0 unspecified atom stereocenters. The number of benzene rings is 2. The van der Waals surface area contributed by atoms with Gasteiger partial charge < -0.3 is 20.3 Å². The Morgan fingerprint density at radius 2 is 1.87 bits per heavy atom. The fourth-order valence-corrected chi connectivity index (χ4v) is 4.51. The van der Waals surface area contributed by atoms with Crippen LogP contribution in [-0.2, 0) is 19.8 Å². The van der Waals surface area contributed by atoms with Gasteiger partial charge in [-0.25, -0.2) is 0 Å². The van der Waals surface area contributed by atoms with E-state index < -0.39 is 5.41 Å². The zero-order valence-electron chi connectivity index (χ0n) is 17.4. The molecule has 2 aliphatic heterocycles. The number of hydrogen-bond acceptors (Lipinski definition) is 4. The fourth-order valence-electron chi connectivity index (χ4n) is 4.51. The van der Waals surface area contributed by atoms with Gasteiger partial charge in [0.1, 0.15) is 5.75 Å². The Morgan fingerprint density at radius 3 is 2.50 bits per heavy atom. The molecule has 0 radical (unpaired) electrons. The second-order valence-corrected chi connectivity index (χ2v) is 7.90. The summed E-state index contributed by atoms with van der Waals surface area (Å²) >= 11 is 0. The van der Waals surface area contributed by atoms with Crippen LogP contribution in [0.25, 0.3) is 11.1 Å². The number of anilines is 2. The standard InChI is InChI=1S/C23H25N3O4/c1-14(27)24-17-6-4-5-16(11-17)18-12-20-19(13-21(18)30-3)23(22(29)25-20)7-9-26(10-8-23)15(2)28/h4-6,11-13H,7-10H2,1-3H3,(H,24,27)(H,25,29). The normalized spacial score (nSPS) is 16.8. The third-order valence-corrected chi connectivity index (χ3v) is 6.09. The maximum Gasteiger partial charge on any atom is 0.235 e. The van der Waals surface area contributed by atoms with E-state index in [4.69, 9.17) is 4.74 Å². The number of nitrogens with zero attached hydrogens (tertiary/aromatic N) is 1. The SMILES string of the molecule is COc1cc2c(cc1-c1cccc(NC(C)=O)c1)NC(=O)C21CCN(C(C)=O)CC1. The van der Waals surface area contributed by atoms with Crippen molar-refractivity contribution >= 4 is 29.1 Å². The van der Waals surface area contributed by atoms with Crippen LogP contribution in [-0.4, -0.2) is 42.8 Å². The molecular formula is C23H25N3O4. The van der Waals surface area contributed by atoms with E-state index in [1.807, 2.05) is 36.4 Å². The summed E-state index contributed by atoms with van der Waals surface area (Å²) in [6.07, 6.45) is 1.18. The van der Waals surface area contributed by atoms with Crippen molar-refractivity contribution in [2.75, 3.05) is 30.8 Å². The molecule has 2 aliphatic rings. The van der Waals surface area contributed by atoms with Gasteiger partial charge in [0.15, 0.2) is 0 Å². The van der Waals surface area contributed by atoms with Crippen molar-refractivity contribution < 1.29 is 19.1 Å². The van der Waals surface area contributed by atoms with Crippen LogP contribution in [0.3, 0.4) is 0 Å². The zero-order valence-corrected chi connectivity index (χ0v) is 17.4. The first-order valence-electron chi connectivity index (χ1n) is 10.0. The maximum atomic E-state index is 13.0. The summed E-state index contributed by atoms with van der Waals surface area (Å²) in [7, 11) is 1.61. The van der Waals surface area contributed by atoms with Gasteiger partial charge in [0, 0.05) is 43.9 Å². The first kappa shape index (κ1) is 19.9. The summed E-state index contributed by atoms with van der Waals surface area (Å²) < 4.78 is 5.68. The first-order chi connectivity index (χ1) is 14.3. The Bertz CT molecular complexity index is 1040. The van der Waals surface area contributed by atoms with E-state index in [9.17, 15) is 14.4 Å². The van der Waals surface area contributed by atoms with E-state index in [1.165, 1.54) is 6.92 Å². The van der Waals surface area contributed by atoms with Gasteiger partial charge >= 0.3 is 0 Å². The molecule has 1 fully saturated rings. The van der Waals surface area contributed by atoms with Crippen molar-refractivity contribution in [2.24, 2.45) is 0 Å². The van der Waals surface area contributed by atoms with Crippen molar-refractivity contribution in [3.63, 3.8) is 0 Å². The summed E-state index contributed by atoms with van der Waals surface area (Å²) in [5.41, 5.74) is 3.47. The number of nitrogens with one attached hydrogen (secondary N) is 2. The van der Waals surface area contributed by atoms with Gasteiger partial charge in [0.2, 0.25) is 17.7 Å².